The largest absolute Gasteiger partial charge is 0.309 e. The number of hydrogen-bond donors (Lipinski definition) is 0. The maximum Gasteiger partial charge on any atom is 0.0547 e. The molecule has 9 aromatic rings. The Balaban J connectivity index is 1.22. The number of aromatic nitrogens is 3. The molecule has 0 unspecified atom stereocenters. The van der Waals surface area contributed by atoms with Crippen molar-refractivity contribution in [3.8, 4) is 50.2 Å². The second-order valence-electron chi connectivity index (χ2n) is 11.9. The van der Waals surface area contributed by atoms with Gasteiger partial charge in [0.2, 0.25) is 0 Å². The Labute approximate surface area is 273 Å². The zero-order valence-electron chi connectivity index (χ0n) is 25.6. The van der Waals surface area contributed by atoms with Crippen LogP contribution in [0.4, 0.5) is 0 Å². The van der Waals surface area contributed by atoms with E-state index >= 15 is 0 Å². The number of rotatable bonds is 5. The molecule has 0 saturated heterocycles. The van der Waals surface area contributed by atoms with Crippen molar-refractivity contribution in [1.29, 1.82) is 0 Å². The minimum Gasteiger partial charge on any atom is -0.309 e. The SMILES string of the molecule is c1cncc(-c2ccc(-c3ccc4c5ccc(-c6ccc(-c7cccnc7)cc6)cc5n(-c5cccc6ccccc56)c4c3)cc2)c1. The summed E-state index contributed by atoms with van der Waals surface area (Å²) in [6, 6.07) is 54.7. The predicted molar refractivity (Wildman–Crippen MR) is 196 cm³/mol. The van der Waals surface area contributed by atoms with E-state index in [0.29, 0.717) is 0 Å². The number of pyridine rings is 2. The quantitative estimate of drug-likeness (QED) is 0.197. The van der Waals surface area contributed by atoms with Crippen LogP contribution < -0.4 is 0 Å². The molecule has 0 aliphatic heterocycles. The Bertz CT molecular complexity index is 2390. The summed E-state index contributed by atoms with van der Waals surface area (Å²) in [6.45, 7) is 0. The highest BCUT2D eigenvalue weighted by Crippen LogP contribution is 2.39. The lowest BCUT2D eigenvalue weighted by atomic mass is 9.99. The Hall–Kier alpha value is -6.32. The average Bonchev–Trinajstić information content (AvgIpc) is 3.48. The summed E-state index contributed by atoms with van der Waals surface area (Å²) >= 11 is 0. The van der Waals surface area contributed by atoms with Gasteiger partial charge in [0.15, 0.2) is 0 Å². The van der Waals surface area contributed by atoms with Gasteiger partial charge in [-0.1, -0.05) is 121 Å². The molecule has 6 aromatic carbocycles. The minimum atomic E-state index is 1.12. The van der Waals surface area contributed by atoms with Gasteiger partial charge in [0.25, 0.3) is 0 Å². The van der Waals surface area contributed by atoms with Crippen molar-refractivity contribution in [2.45, 2.75) is 0 Å². The van der Waals surface area contributed by atoms with Gasteiger partial charge in [0.1, 0.15) is 0 Å². The molecule has 220 valence electrons. The van der Waals surface area contributed by atoms with Crippen molar-refractivity contribution in [1.82, 2.24) is 14.5 Å². The topological polar surface area (TPSA) is 30.7 Å². The van der Waals surface area contributed by atoms with Crippen LogP contribution in [0.25, 0.3) is 82.8 Å². The maximum absolute atomic E-state index is 4.29. The summed E-state index contributed by atoms with van der Waals surface area (Å²) in [5, 5.41) is 4.93. The summed E-state index contributed by atoms with van der Waals surface area (Å²) in [7, 11) is 0. The van der Waals surface area contributed by atoms with E-state index in [1.165, 1.54) is 60.5 Å². The molecule has 0 amide bonds. The van der Waals surface area contributed by atoms with E-state index in [1.807, 2.05) is 36.9 Å². The molecule has 0 atom stereocenters. The van der Waals surface area contributed by atoms with Crippen molar-refractivity contribution >= 4 is 32.6 Å². The Morgan fingerprint density at radius 3 is 1.32 bits per heavy atom. The number of fused-ring (bicyclic) bond motifs is 4. The van der Waals surface area contributed by atoms with E-state index in [2.05, 4.69) is 154 Å². The van der Waals surface area contributed by atoms with E-state index < -0.39 is 0 Å². The molecule has 0 saturated carbocycles. The van der Waals surface area contributed by atoms with Crippen molar-refractivity contribution < 1.29 is 0 Å². The zero-order chi connectivity index (χ0) is 31.2. The third-order valence-electron chi connectivity index (χ3n) is 9.20. The molecule has 47 heavy (non-hydrogen) atoms. The molecule has 0 fully saturated rings. The first-order valence-corrected chi connectivity index (χ1v) is 15.9. The third kappa shape index (κ3) is 4.77. The molecule has 0 bridgehead atoms. The molecular weight excluding hydrogens is 571 g/mol. The summed E-state index contributed by atoms with van der Waals surface area (Å²) in [4.78, 5) is 8.59. The van der Waals surface area contributed by atoms with Gasteiger partial charge in [0.05, 0.1) is 16.7 Å². The molecule has 0 spiro atoms. The first-order valence-electron chi connectivity index (χ1n) is 15.9. The lowest BCUT2D eigenvalue weighted by molar-refractivity contribution is 1.20. The molecular formula is C44H29N3. The summed E-state index contributed by atoms with van der Waals surface area (Å²) < 4.78 is 2.45. The monoisotopic (exact) mass is 599 g/mol. The minimum absolute atomic E-state index is 1.12. The number of benzene rings is 6. The smallest absolute Gasteiger partial charge is 0.0547 e. The van der Waals surface area contributed by atoms with E-state index in [0.717, 1.165) is 22.3 Å². The fraction of sp³-hybridized carbons (Fsp3) is 0. The lowest BCUT2D eigenvalue weighted by Crippen LogP contribution is -1.95. The predicted octanol–water partition coefficient (Wildman–Crippen LogP) is 11.4. The van der Waals surface area contributed by atoms with Crippen molar-refractivity contribution in [3.05, 3.63) is 176 Å². The van der Waals surface area contributed by atoms with E-state index in [1.54, 1.807) is 0 Å². The van der Waals surface area contributed by atoms with Crippen LogP contribution in [0.3, 0.4) is 0 Å². The van der Waals surface area contributed by atoms with Gasteiger partial charge in [-0.3, -0.25) is 9.97 Å². The van der Waals surface area contributed by atoms with Gasteiger partial charge in [-0.05, 0) is 80.2 Å². The van der Waals surface area contributed by atoms with Gasteiger partial charge in [-0.25, -0.2) is 0 Å². The van der Waals surface area contributed by atoms with Crippen LogP contribution in [0.2, 0.25) is 0 Å². The van der Waals surface area contributed by atoms with Crippen molar-refractivity contribution in [2.24, 2.45) is 0 Å². The highest BCUT2D eigenvalue weighted by molar-refractivity contribution is 6.12. The number of nitrogens with zero attached hydrogens (tertiary/aromatic N) is 3. The molecule has 9 rings (SSSR count). The molecule has 0 N–H and O–H groups in total. The Kier molecular flexibility index (Phi) is 6.46. The maximum atomic E-state index is 4.29. The van der Waals surface area contributed by atoms with E-state index in [9.17, 15) is 0 Å². The van der Waals surface area contributed by atoms with Gasteiger partial charge in [0, 0.05) is 40.9 Å². The molecule has 3 aromatic heterocycles. The van der Waals surface area contributed by atoms with Crippen LogP contribution in [-0.2, 0) is 0 Å². The molecule has 3 heteroatoms. The second-order valence-corrected chi connectivity index (χ2v) is 11.9. The summed E-state index contributed by atoms with van der Waals surface area (Å²) in [5.74, 6) is 0. The highest BCUT2D eigenvalue weighted by atomic mass is 15.0. The average molecular weight is 600 g/mol. The van der Waals surface area contributed by atoms with Gasteiger partial charge < -0.3 is 4.57 Å². The normalized spacial score (nSPS) is 11.4. The van der Waals surface area contributed by atoms with Crippen LogP contribution >= 0.6 is 0 Å². The second kappa shape index (κ2) is 11.2. The molecule has 3 heterocycles. The van der Waals surface area contributed by atoms with Crippen LogP contribution in [-0.4, -0.2) is 14.5 Å². The number of hydrogen-bond acceptors (Lipinski definition) is 2. The van der Waals surface area contributed by atoms with Crippen LogP contribution in [0, 0.1) is 0 Å². The fourth-order valence-electron chi connectivity index (χ4n) is 6.82. The molecule has 3 nitrogen and oxygen atoms in total. The fourth-order valence-corrected chi connectivity index (χ4v) is 6.82. The molecule has 0 aliphatic carbocycles. The van der Waals surface area contributed by atoms with Gasteiger partial charge in [-0.2, -0.15) is 0 Å². The summed E-state index contributed by atoms with van der Waals surface area (Å²) in [6.07, 6.45) is 7.44. The third-order valence-corrected chi connectivity index (χ3v) is 9.20. The van der Waals surface area contributed by atoms with Gasteiger partial charge >= 0.3 is 0 Å². The standard InChI is InChI=1S/C44H29N3/c1-2-10-39-34(6-1)7-3-11-42(39)47-43-26-35(30-12-16-32(17-13-30)37-8-4-24-45-28-37)20-22-40(43)41-23-21-36(27-44(41)47)31-14-18-33(19-15-31)38-9-5-25-46-29-38/h1-29H. The van der Waals surface area contributed by atoms with Gasteiger partial charge in [-0.15, -0.1) is 0 Å². The Morgan fingerprint density at radius 2 is 0.809 bits per heavy atom. The molecule has 0 radical (unpaired) electrons. The van der Waals surface area contributed by atoms with Crippen molar-refractivity contribution in [3.63, 3.8) is 0 Å². The van der Waals surface area contributed by atoms with E-state index in [4.69, 9.17) is 0 Å². The first kappa shape index (κ1) is 27.0. The summed E-state index contributed by atoms with van der Waals surface area (Å²) in [5.41, 5.74) is 12.9. The van der Waals surface area contributed by atoms with Crippen molar-refractivity contribution in [2.75, 3.05) is 0 Å². The highest BCUT2D eigenvalue weighted by Gasteiger charge is 2.16. The lowest BCUT2D eigenvalue weighted by Gasteiger charge is -2.13. The van der Waals surface area contributed by atoms with Crippen LogP contribution in [0.15, 0.2) is 176 Å². The molecule has 0 aliphatic rings. The van der Waals surface area contributed by atoms with Crippen LogP contribution in [0.1, 0.15) is 0 Å². The zero-order valence-corrected chi connectivity index (χ0v) is 25.6. The van der Waals surface area contributed by atoms with E-state index in [-0.39, 0.29) is 0 Å². The first-order chi connectivity index (χ1) is 23.3. The Morgan fingerprint density at radius 1 is 0.340 bits per heavy atom. The van der Waals surface area contributed by atoms with Crippen LogP contribution in [0.5, 0.6) is 0 Å².